The van der Waals surface area contributed by atoms with Crippen LogP contribution in [0.5, 0.6) is 0 Å². The van der Waals surface area contributed by atoms with E-state index in [0.29, 0.717) is 15.0 Å². The van der Waals surface area contributed by atoms with Gasteiger partial charge in [0.1, 0.15) is 0 Å². The molecule has 128 valence electrons. The van der Waals surface area contributed by atoms with Crippen molar-refractivity contribution >= 4 is 52.2 Å². The Morgan fingerprint density at radius 1 is 1.38 bits per heavy atom. The third-order valence-electron chi connectivity index (χ3n) is 3.03. The monoisotopic (exact) mass is 384 g/mol. The Balaban J connectivity index is 1.88. The Hall–Kier alpha value is -1.64. The number of nitrogens with zero attached hydrogens (tertiary/aromatic N) is 2. The molecule has 1 aromatic carbocycles. The second-order valence-corrected chi connectivity index (χ2v) is 7.64. The minimum Gasteiger partial charge on any atom is -0.353 e. The zero-order valence-corrected chi connectivity index (χ0v) is 15.6. The number of nitrogens with one attached hydrogen (secondary N) is 2. The number of benzene rings is 1. The van der Waals surface area contributed by atoms with Gasteiger partial charge in [0.25, 0.3) is 5.91 Å². The number of hydrogen-bond donors (Lipinski definition) is 2. The van der Waals surface area contributed by atoms with E-state index in [1.54, 1.807) is 24.3 Å². The first kappa shape index (κ1) is 18.7. The molecule has 2 rings (SSSR count). The number of aromatic nitrogens is 2. The first-order valence-electron chi connectivity index (χ1n) is 7.30. The lowest BCUT2D eigenvalue weighted by Gasteiger charge is -2.09. The van der Waals surface area contributed by atoms with Gasteiger partial charge in [-0.15, -0.1) is 10.2 Å². The zero-order valence-electron chi connectivity index (χ0n) is 13.2. The van der Waals surface area contributed by atoms with Crippen molar-refractivity contribution in [1.29, 1.82) is 0 Å². The van der Waals surface area contributed by atoms with Crippen LogP contribution in [0.15, 0.2) is 28.6 Å². The van der Waals surface area contributed by atoms with E-state index in [-0.39, 0.29) is 28.6 Å². The van der Waals surface area contributed by atoms with Crippen LogP contribution in [0.25, 0.3) is 0 Å². The summed E-state index contributed by atoms with van der Waals surface area (Å²) in [5.74, 6) is -0.172. The number of anilines is 1. The summed E-state index contributed by atoms with van der Waals surface area (Å²) in [5.41, 5.74) is 0.588. The van der Waals surface area contributed by atoms with Crippen LogP contribution in [-0.2, 0) is 4.79 Å². The average Bonchev–Trinajstić information content (AvgIpc) is 3.02. The van der Waals surface area contributed by atoms with Crippen LogP contribution in [0.2, 0.25) is 5.02 Å². The van der Waals surface area contributed by atoms with Crippen molar-refractivity contribution in [2.75, 3.05) is 11.1 Å². The van der Waals surface area contributed by atoms with Gasteiger partial charge in [0.2, 0.25) is 10.9 Å². The molecule has 2 aromatic rings. The lowest BCUT2D eigenvalue weighted by atomic mass is 10.3. The van der Waals surface area contributed by atoms with Crippen molar-refractivity contribution in [2.24, 2.45) is 0 Å². The van der Waals surface area contributed by atoms with Crippen LogP contribution >= 0.6 is 34.7 Å². The second-order valence-electron chi connectivity index (χ2n) is 5.00. The highest BCUT2D eigenvalue weighted by molar-refractivity contribution is 8.01. The number of rotatable bonds is 7. The molecule has 0 aliphatic carbocycles. The highest BCUT2D eigenvalue weighted by Gasteiger charge is 2.15. The number of halogens is 1. The van der Waals surface area contributed by atoms with Crippen LogP contribution in [0.4, 0.5) is 5.69 Å². The highest BCUT2D eigenvalue weighted by atomic mass is 35.5. The van der Waals surface area contributed by atoms with Gasteiger partial charge in [-0.3, -0.25) is 9.59 Å². The van der Waals surface area contributed by atoms with Gasteiger partial charge in [-0.2, -0.15) is 0 Å². The largest absolute Gasteiger partial charge is 0.353 e. The standard InChI is InChI=1S/C15H17ClN4O2S2/c1-3-9(2)17-12(21)8-23-15-20-19-14(24-15)13(22)18-11-6-4-5-10(16)7-11/h4-7,9H,3,8H2,1-2H3,(H,17,21)(H,18,22)/t9-/m0/s1. The van der Waals surface area contributed by atoms with Gasteiger partial charge in [-0.1, -0.05) is 47.7 Å². The van der Waals surface area contributed by atoms with Gasteiger partial charge in [-0.05, 0) is 31.5 Å². The molecule has 0 bridgehead atoms. The molecule has 24 heavy (non-hydrogen) atoms. The molecular weight excluding hydrogens is 368 g/mol. The smallest absolute Gasteiger partial charge is 0.286 e. The van der Waals surface area contributed by atoms with Crippen molar-refractivity contribution < 1.29 is 9.59 Å². The molecule has 1 heterocycles. The third-order valence-corrected chi connectivity index (χ3v) is 5.32. The molecular formula is C15H17ClN4O2S2. The van der Waals surface area contributed by atoms with E-state index in [4.69, 9.17) is 11.6 Å². The van der Waals surface area contributed by atoms with E-state index in [2.05, 4.69) is 20.8 Å². The topological polar surface area (TPSA) is 84.0 Å². The summed E-state index contributed by atoms with van der Waals surface area (Å²) >= 11 is 8.28. The molecule has 0 aliphatic heterocycles. The normalized spacial score (nSPS) is 11.8. The third kappa shape index (κ3) is 5.77. The molecule has 0 radical (unpaired) electrons. The summed E-state index contributed by atoms with van der Waals surface area (Å²) in [6, 6.07) is 7.00. The van der Waals surface area contributed by atoms with E-state index in [0.717, 1.165) is 17.8 Å². The Morgan fingerprint density at radius 2 is 2.17 bits per heavy atom. The molecule has 0 spiro atoms. The lowest BCUT2D eigenvalue weighted by molar-refractivity contribution is -0.119. The van der Waals surface area contributed by atoms with Crippen molar-refractivity contribution in [3.8, 4) is 0 Å². The molecule has 1 aromatic heterocycles. The molecule has 9 heteroatoms. The number of hydrogen-bond acceptors (Lipinski definition) is 6. The SMILES string of the molecule is CC[C@H](C)NC(=O)CSc1nnc(C(=O)Nc2cccc(Cl)c2)s1. The van der Waals surface area contributed by atoms with Crippen LogP contribution in [0, 0.1) is 0 Å². The van der Waals surface area contributed by atoms with Crippen molar-refractivity contribution in [2.45, 2.75) is 30.6 Å². The molecule has 0 saturated carbocycles. The molecule has 2 N–H and O–H groups in total. The number of thioether (sulfide) groups is 1. The predicted molar refractivity (Wildman–Crippen MR) is 97.9 cm³/mol. The van der Waals surface area contributed by atoms with Crippen molar-refractivity contribution in [3.05, 3.63) is 34.3 Å². The molecule has 2 amide bonds. The van der Waals surface area contributed by atoms with Crippen LogP contribution < -0.4 is 10.6 Å². The molecule has 0 fully saturated rings. The predicted octanol–water partition coefficient (Wildman–Crippen LogP) is 3.45. The second kappa shape index (κ2) is 9.00. The van der Waals surface area contributed by atoms with Gasteiger partial charge >= 0.3 is 0 Å². The van der Waals surface area contributed by atoms with E-state index >= 15 is 0 Å². The number of carbonyl (C=O) groups excluding carboxylic acids is 2. The maximum absolute atomic E-state index is 12.1. The molecule has 1 atom stereocenters. The van der Waals surface area contributed by atoms with Gasteiger partial charge in [0, 0.05) is 16.8 Å². The molecule has 6 nitrogen and oxygen atoms in total. The Morgan fingerprint density at radius 3 is 2.88 bits per heavy atom. The van der Waals surface area contributed by atoms with E-state index < -0.39 is 0 Å². The highest BCUT2D eigenvalue weighted by Crippen LogP contribution is 2.23. The van der Waals surface area contributed by atoms with Crippen molar-refractivity contribution in [3.63, 3.8) is 0 Å². The summed E-state index contributed by atoms with van der Waals surface area (Å²) in [7, 11) is 0. The fourth-order valence-corrected chi connectivity index (χ4v) is 3.40. The minimum atomic E-state index is -0.356. The Bertz CT molecular complexity index is 723. The molecule has 0 unspecified atom stereocenters. The maximum atomic E-state index is 12.1. The summed E-state index contributed by atoms with van der Waals surface area (Å²) in [6.07, 6.45) is 0.878. The number of carbonyl (C=O) groups is 2. The van der Waals surface area contributed by atoms with Gasteiger partial charge < -0.3 is 10.6 Å². The first-order chi connectivity index (χ1) is 11.5. The van der Waals surface area contributed by atoms with Gasteiger partial charge in [-0.25, -0.2) is 0 Å². The quantitative estimate of drug-likeness (QED) is 0.714. The van der Waals surface area contributed by atoms with Gasteiger partial charge in [0.15, 0.2) is 4.34 Å². The average molecular weight is 385 g/mol. The molecule has 0 aliphatic rings. The summed E-state index contributed by atoms with van der Waals surface area (Å²) in [5, 5.41) is 14.1. The van der Waals surface area contributed by atoms with Gasteiger partial charge in [0.05, 0.1) is 5.75 Å². The Labute approximate surface area is 153 Å². The number of amides is 2. The zero-order chi connectivity index (χ0) is 17.5. The maximum Gasteiger partial charge on any atom is 0.286 e. The fraction of sp³-hybridized carbons (Fsp3) is 0.333. The summed E-state index contributed by atoms with van der Waals surface area (Å²) in [6.45, 7) is 3.96. The van der Waals surface area contributed by atoms with Crippen molar-refractivity contribution in [1.82, 2.24) is 15.5 Å². The lowest BCUT2D eigenvalue weighted by Crippen LogP contribution is -2.33. The summed E-state index contributed by atoms with van der Waals surface area (Å²) in [4.78, 5) is 23.9. The molecule has 0 saturated heterocycles. The van der Waals surface area contributed by atoms with E-state index in [9.17, 15) is 9.59 Å². The van der Waals surface area contributed by atoms with Crippen LogP contribution in [0.3, 0.4) is 0 Å². The Kier molecular flexibility index (Phi) is 7.01. The minimum absolute atomic E-state index is 0.0607. The van der Waals surface area contributed by atoms with E-state index in [1.165, 1.54) is 11.8 Å². The first-order valence-corrected chi connectivity index (χ1v) is 9.48. The van der Waals surface area contributed by atoms with Crippen LogP contribution in [0.1, 0.15) is 30.1 Å². The van der Waals surface area contributed by atoms with E-state index in [1.807, 2.05) is 13.8 Å². The fourth-order valence-electron chi connectivity index (χ4n) is 1.66. The van der Waals surface area contributed by atoms with Crippen LogP contribution in [-0.4, -0.2) is 33.8 Å². The summed E-state index contributed by atoms with van der Waals surface area (Å²) < 4.78 is 0.575.